The molecule has 3 aliphatic rings. The van der Waals surface area contributed by atoms with Gasteiger partial charge in [-0.2, -0.15) is 0 Å². The van der Waals surface area contributed by atoms with Crippen LogP contribution in [0, 0.1) is 0 Å². The fourth-order valence-electron chi connectivity index (χ4n) is 5.89. The van der Waals surface area contributed by atoms with Gasteiger partial charge in [-0.15, -0.1) is 0 Å². The molecule has 1 aromatic heterocycles. The molecule has 2 aromatic carbocycles. The van der Waals surface area contributed by atoms with Crippen LogP contribution in [0.15, 0.2) is 36.4 Å². The Morgan fingerprint density at radius 2 is 1.66 bits per heavy atom. The number of imidazole rings is 1. The molecule has 0 atom stereocenters. The average molecular weight is 519 g/mol. The molecule has 8 heteroatoms. The van der Waals surface area contributed by atoms with Crippen LogP contribution in [0.1, 0.15) is 25.6 Å². The van der Waals surface area contributed by atoms with Gasteiger partial charge in [-0.3, -0.25) is 9.80 Å². The summed E-state index contributed by atoms with van der Waals surface area (Å²) in [4.78, 5) is 12.6. The number of aromatic nitrogens is 2. The Labute approximate surface area is 226 Å². The molecule has 1 N–H and O–H groups in total. The van der Waals surface area contributed by atoms with Crippen LogP contribution in [-0.4, -0.2) is 104 Å². The van der Waals surface area contributed by atoms with Gasteiger partial charge in [-0.1, -0.05) is 12.1 Å². The average Bonchev–Trinajstić information content (AvgIpc) is 3.24. The molecular weight excluding hydrogens is 476 g/mol. The number of rotatable bonds is 8. The van der Waals surface area contributed by atoms with Crippen molar-refractivity contribution < 1.29 is 9.47 Å². The zero-order valence-corrected chi connectivity index (χ0v) is 23.2. The predicted octanol–water partition coefficient (Wildman–Crippen LogP) is 3.63. The van der Waals surface area contributed by atoms with Gasteiger partial charge in [0.2, 0.25) is 0 Å². The molecule has 0 bridgehead atoms. The van der Waals surface area contributed by atoms with Crippen molar-refractivity contribution in [2.75, 3.05) is 89.0 Å². The lowest BCUT2D eigenvalue weighted by Gasteiger charge is -2.38. The number of piperazine rings is 1. The van der Waals surface area contributed by atoms with Crippen molar-refractivity contribution >= 4 is 22.4 Å². The Hall–Kier alpha value is -2.65. The molecule has 0 saturated carbocycles. The molecule has 8 nitrogen and oxygen atoms in total. The third-order valence-electron chi connectivity index (χ3n) is 8.48. The maximum absolute atomic E-state index is 5.51. The van der Waals surface area contributed by atoms with Crippen molar-refractivity contribution in [2.45, 2.75) is 25.8 Å². The molecule has 3 fully saturated rings. The highest BCUT2D eigenvalue weighted by molar-refractivity contribution is 5.94. The molecule has 204 valence electrons. The van der Waals surface area contributed by atoms with Gasteiger partial charge in [0, 0.05) is 71.1 Å². The van der Waals surface area contributed by atoms with E-state index in [0.29, 0.717) is 12.0 Å². The van der Waals surface area contributed by atoms with Crippen LogP contribution in [-0.2, 0) is 16.5 Å². The number of ether oxygens (including phenoxy) is 2. The topological polar surface area (TPSA) is 58.0 Å². The minimum atomic E-state index is 0.382. The second-order valence-electron chi connectivity index (χ2n) is 11.2. The Morgan fingerprint density at radius 3 is 2.32 bits per heavy atom. The number of hydrogen-bond donors (Lipinski definition) is 1. The second kappa shape index (κ2) is 11.2. The van der Waals surface area contributed by atoms with Crippen LogP contribution < -0.4 is 10.2 Å². The van der Waals surface area contributed by atoms with E-state index >= 15 is 0 Å². The smallest absolute Gasteiger partial charge is 0.117 e. The standard InChI is InChI=1S/C30H42N6O2/c1-22(2)35-10-12-36(13-11-35)26-6-4-23(5-7-26)24-18-27(31-8-9-34-14-16-37-17-15-34)29-28(19-24)33(3)30(32-29)25-20-38-21-25/h4-7,18-19,22,25,31H,8-17,20-21H2,1-3H3. The Balaban J connectivity index is 1.24. The summed E-state index contributed by atoms with van der Waals surface area (Å²) in [5, 5.41) is 3.73. The lowest BCUT2D eigenvalue weighted by Crippen LogP contribution is -2.48. The lowest BCUT2D eigenvalue weighted by molar-refractivity contribution is 0.00400. The Bertz CT molecular complexity index is 1220. The van der Waals surface area contributed by atoms with E-state index in [-0.39, 0.29) is 0 Å². The van der Waals surface area contributed by atoms with Crippen molar-refractivity contribution in [3.05, 3.63) is 42.2 Å². The van der Waals surface area contributed by atoms with E-state index in [1.165, 1.54) is 22.3 Å². The quantitative estimate of drug-likeness (QED) is 0.489. The third-order valence-corrected chi connectivity index (χ3v) is 8.48. The summed E-state index contributed by atoms with van der Waals surface area (Å²) in [7, 11) is 2.14. The first-order valence-corrected chi connectivity index (χ1v) is 14.3. The molecule has 3 saturated heterocycles. The number of nitrogens with one attached hydrogen (secondary N) is 1. The summed E-state index contributed by atoms with van der Waals surface area (Å²) < 4.78 is 13.3. The van der Waals surface area contributed by atoms with Gasteiger partial charge in [-0.05, 0) is 49.2 Å². The molecule has 0 unspecified atom stereocenters. The highest BCUT2D eigenvalue weighted by atomic mass is 16.5. The van der Waals surface area contributed by atoms with E-state index in [1.807, 2.05) is 0 Å². The molecule has 0 aliphatic carbocycles. The third kappa shape index (κ3) is 5.27. The zero-order chi connectivity index (χ0) is 26.1. The van der Waals surface area contributed by atoms with Crippen LogP contribution >= 0.6 is 0 Å². The van der Waals surface area contributed by atoms with Crippen LogP contribution in [0.4, 0.5) is 11.4 Å². The van der Waals surface area contributed by atoms with Crippen LogP contribution in [0.3, 0.4) is 0 Å². The number of morpholine rings is 1. The first-order valence-electron chi connectivity index (χ1n) is 14.3. The van der Waals surface area contributed by atoms with Crippen molar-refractivity contribution in [3.8, 4) is 11.1 Å². The van der Waals surface area contributed by atoms with Crippen LogP contribution in [0.5, 0.6) is 0 Å². The molecule has 0 radical (unpaired) electrons. The molecule has 0 amide bonds. The van der Waals surface area contributed by atoms with Gasteiger partial charge in [0.25, 0.3) is 0 Å². The predicted molar refractivity (Wildman–Crippen MR) is 154 cm³/mol. The zero-order valence-electron chi connectivity index (χ0n) is 23.2. The molecule has 3 aromatic rings. The number of fused-ring (bicyclic) bond motifs is 1. The lowest BCUT2D eigenvalue weighted by atomic mass is 10.0. The normalized spacial score (nSPS) is 19.8. The first-order chi connectivity index (χ1) is 18.6. The van der Waals surface area contributed by atoms with E-state index in [2.05, 4.69) is 81.9 Å². The van der Waals surface area contributed by atoms with Gasteiger partial charge in [0.1, 0.15) is 11.3 Å². The van der Waals surface area contributed by atoms with Gasteiger partial charge in [0.05, 0.1) is 43.5 Å². The maximum Gasteiger partial charge on any atom is 0.117 e. The molecule has 38 heavy (non-hydrogen) atoms. The van der Waals surface area contributed by atoms with Gasteiger partial charge in [0.15, 0.2) is 0 Å². The van der Waals surface area contributed by atoms with Gasteiger partial charge >= 0.3 is 0 Å². The van der Waals surface area contributed by atoms with E-state index in [9.17, 15) is 0 Å². The van der Waals surface area contributed by atoms with E-state index in [1.54, 1.807) is 0 Å². The summed E-state index contributed by atoms with van der Waals surface area (Å²) in [5.41, 5.74) is 7.12. The van der Waals surface area contributed by atoms with Crippen molar-refractivity contribution in [3.63, 3.8) is 0 Å². The maximum atomic E-state index is 5.51. The van der Waals surface area contributed by atoms with E-state index < -0.39 is 0 Å². The molecule has 0 spiro atoms. The molecule has 6 rings (SSSR count). The number of nitrogens with zero attached hydrogens (tertiary/aromatic N) is 5. The van der Waals surface area contributed by atoms with Crippen LogP contribution in [0.2, 0.25) is 0 Å². The molecular formula is C30H42N6O2. The second-order valence-corrected chi connectivity index (χ2v) is 11.2. The largest absolute Gasteiger partial charge is 0.382 e. The number of anilines is 2. The highest BCUT2D eigenvalue weighted by Gasteiger charge is 2.27. The fraction of sp³-hybridized carbons (Fsp3) is 0.567. The molecule has 3 aliphatic heterocycles. The summed E-state index contributed by atoms with van der Waals surface area (Å²) in [6, 6.07) is 14.3. The summed E-state index contributed by atoms with van der Waals surface area (Å²) in [6.07, 6.45) is 0. The monoisotopic (exact) mass is 518 g/mol. The van der Waals surface area contributed by atoms with Crippen molar-refractivity contribution in [1.82, 2.24) is 19.4 Å². The Morgan fingerprint density at radius 1 is 0.921 bits per heavy atom. The van der Waals surface area contributed by atoms with Crippen molar-refractivity contribution in [1.29, 1.82) is 0 Å². The fourth-order valence-corrected chi connectivity index (χ4v) is 5.89. The minimum Gasteiger partial charge on any atom is -0.382 e. The SMILES string of the molecule is CC(C)N1CCN(c2ccc(-c3cc(NCCN4CCOCC4)c4nc(C5COC5)n(C)c4c3)cc2)CC1. The highest BCUT2D eigenvalue weighted by Crippen LogP contribution is 2.35. The van der Waals surface area contributed by atoms with Gasteiger partial charge < -0.3 is 24.3 Å². The van der Waals surface area contributed by atoms with Gasteiger partial charge in [-0.25, -0.2) is 4.98 Å². The number of aryl methyl sites for hydroxylation is 1. The molecule has 4 heterocycles. The minimum absolute atomic E-state index is 0.382. The van der Waals surface area contributed by atoms with Crippen molar-refractivity contribution in [2.24, 2.45) is 7.05 Å². The van der Waals surface area contributed by atoms with Crippen LogP contribution in [0.25, 0.3) is 22.2 Å². The van der Waals surface area contributed by atoms with E-state index in [4.69, 9.17) is 14.5 Å². The summed E-state index contributed by atoms with van der Waals surface area (Å²) in [5.74, 6) is 1.50. The number of hydrogen-bond acceptors (Lipinski definition) is 7. The van der Waals surface area contributed by atoms with E-state index in [0.717, 1.165) is 95.8 Å². The number of benzene rings is 2. The summed E-state index contributed by atoms with van der Waals surface area (Å²) in [6.45, 7) is 16.1. The Kier molecular flexibility index (Phi) is 7.56. The first kappa shape index (κ1) is 25.6. The summed E-state index contributed by atoms with van der Waals surface area (Å²) >= 11 is 0.